The van der Waals surface area contributed by atoms with Crippen molar-refractivity contribution in [1.29, 1.82) is 0 Å². The summed E-state index contributed by atoms with van der Waals surface area (Å²) >= 11 is 6.00. The Balaban J connectivity index is 2.51. The number of hydrogen-bond acceptors (Lipinski definition) is 5. The van der Waals surface area contributed by atoms with E-state index in [9.17, 15) is 0 Å². The molecular weight excluding hydrogens is 238 g/mol. The van der Waals surface area contributed by atoms with Gasteiger partial charge in [0.15, 0.2) is 5.82 Å². The Hall–Kier alpha value is -1.07. The van der Waals surface area contributed by atoms with Gasteiger partial charge in [-0.3, -0.25) is 0 Å². The fourth-order valence-electron chi connectivity index (χ4n) is 1.22. The summed E-state index contributed by atoms with van der Waals surface area (Å²) in [7, 11) is 3.87. The molecule has 0 saturated carbocycles. The minimum Gasteiger partial charge on any atom is -0.367 e. The average molecular weight is 258 g/mol. The van der Waals surface area contributed by atoms with Gasteiger partial charge in [0.05, 0.1) is 6.20 Å². The third-order valence-corrected chi connectivity index (χ3v) is 2.88. The highest BCUT2D eigenvalue weighted by atomic mass is 35.5. The summed E-state index contributed by atoms with van der Waals surface area (Å²) < 4.78 is 0. The molecule has 0 unspecified atom stereocenters. The molecule has 6 heteroatoms. The third kappa shape index (κ3) is 4.36. The van der Waals surface area contributed by atoms with E-state index in [2.05, 4.69) is 46.4 Å². The van der Waals surface area contributed by atoms with Crippen molar-refractivity contribution < 1.29 is 0 Å². The van der Waals surface area contributed by atoms with Gasteiger partial charge in [0, 0.05) is 26.2 Å². The summed E-state index contributed by atoms with van der Waals surface area (Å²) in [6, 6.07) is 0.533. The van der Waals surface area contributed by atoms with Crippen LogP contribution in [0.1, 0.15) is 13.8 Å². The lowest BCUT2D eigenvalue weighted by Gasteiger charge is -2.21. The van der Waals surface area contributed by atoms with Crippen LogP contribution in [-0.4, -0.2) is 48.1 Å². The number of rotatable bonds is 6. The van der Waals surface area contributed by atoms with Crippen LogP contribution in [-0.2, 0) is 0 Å². The van der Waals surface area contributed by atoms with Crippen LogP contribution in [0.2, 0.25) is 5.02 Å². The van der Waals surface area contributed by atoms with Crippen molar-refractivity contribution >= 4 is 23.4 Å². The first-order valence-electron chi connectivity index (χ1n) is 5.69. The summed E-state index contributed by atoms with van der Waals surface area (Å²) in [5.74, 6) is 1.23. The maximum atomic E-state index is 6.00. The molecule has 1 heterocycles. The van der Waals surface area contributed by atoms with Gasteiger partial charge < -0.3 is 15.5 Å². The van der Waals surface area contributed by atoms with Gasteiger partial charge >= 0.3 is 0 Å². The minimum atomic E-state index is 0.533. The van der Waals surface area contributed by atoms with Crippen LogP contribution >= 0.6 is 11.6 Å². The molecule has 96 valence electrons. The molecule has 0 aliphatic carbocycles. The van der Waals surface area contributed by atoms with Crippen LogP contribution in [0.3, 0.4) is 0 Å². The van der Waals surface area contributed by atoms with E-state index in [-0.39, 0.29) is 0 Å². The molecule has 5 nitrogen and oxygen atoms in total. The van der Waals surface area contributed by atoms with E-state index in [4.69, 9.17) is 11.6 Å². The third-order valence-electron chi connectivity index (χ3n) is 2.61. The van der Waals surface area contributed by atoms with Crippen LogP contribution in [0, 0.1) is 0 Å². The molecular formula is C11H20ClN5. The molecule has 0 bridgehead atoms. The second-order valence-corrected chi connectivity index (χ2v) is 4.55. The predicted octanol–water partition coefficient (Wildman–Crippen LogP) is 1.92. The average Bonchev–Trinajstić information content (AvgIpc) is 2.31. The van der Waals surface area contributed by atoms with E-state index >= 15 is 0 Å². The molecule has 0 amide bonds. The zero-order valence-corrected chi connectivity index (χ0v) is 11.5. The molecule has 0 fully saturated rings. The molecule has 0 atom stereocenters. The van der Waals surface area contributed by atoms with Gasteiger partial charge in [0.2, 0.25) is 5.95 Å². The van der Waals surface area contributed by atoms with E-state index < -0.39 is 0 Å². The highest BCUT2D eigenvalue weighted by molar-refractivity contribution is 6.32. The maximum absolute atomic E-state index is 6.00. The van der Waals surface area contributed by atoms with Crippen molar-refractivity contribution in [1.82, 2.24) is 14.9 Å². The Kier molecular flexibility index (Phi) is 5.44. The normalized spacial score (nSPS) is 11.0. The van der Waals surface area contributed by atoms with E-state index in [0.717, 1.165) is 13.1 Å². The Bertz CT molecular complexity index is 356. The topological polar surface area (TPSA) is 53.1 Å². The van der Waals surface area contributed by atoms with Gasteiger partial charge in [-0.2, -0.15) is 4.98 Å². The van der Waals surface area contributed by atoms with Crippen molar-refractivity contribution in [2.75, 3.05) is 37.8 Å². The van der Waals surface area contributed by atoms with E-state index in [1.54, 1.807) is 13.2 Å². The van der Waals surface area contributed by atoms with Crippen LogP contribution in [0.15, 0.2) is 6.20 Å². The molecule has 2 N–H and O–H groups in total. The molecule has 1 aromatic heterocycles. The van der Waals surface area contributed by atoms with E-state index in [1.807, 2.05) is 0 Å². The van der Waals surface area contributed by atoms with Crippen molar-refractivity contribution in [3.8, 4) is 0 Å². The van der Waals surface area contributed by atoms with Gasteiger partial charge in [0.1, 0.15) is 5.02 Å². The molecule has 1 aromatic rings. The number of nitrogens with zero attached hydrogens (tertiary/aromatic N) is 3. The van der Waals surface area contributed by atoms with Crippen molar-refractivity contribution in [3.63, 3.8) is 0 Å². The second kappa shape index (κ2) is 6.61. The first-order valence-corrected chi connectivity index (χ1v) is 6.06. The fraction of sp³-hybridized carbons (Fsp3) is 0.636. The first-order chi connectivity index (χ1) is 8.04. The predicted molar refractivity (Wildman–Crippen MR) is 72.8 cm³/mol. The first kappa shape index (κ1) is 14.0. The molecule has 0 spiro atoms. The Morgan fingerprint density at radius 1 is 1.47 bits per heavy atom. The van der Waals surface area contributed by atoms with Crippen molar-refractivity contribution in [2.24, 2.45) is 0 Å². The van der Waals surface area contributed by atoms with Crippen molar-refractivity contribution in [3.05, 3.63) is 11.2 Å². The number of hydrogen-bond donors (Lipinski definition) is 2. The number of likely N-dealkylation sites (N-methyl/N-ethyl adjacent to an activating group) is 1. The number of nitrogens with one attached hydrogen (secondary N) is 2. The van der Waals surface area contributed by atoms with E-state index in [1.165, 1.54) is 0 Å². The quantitative estimate of drug-likeness (QED) is 0.816. The maximum Gasteiger partial charge on any atom is 0.224 e. The SMILES string of the molecule is CNc1ncc(Cl)c(NCCN(C)C(C)C)n1. The Morgan fingerprint density at radius 2 is 2.18 bits per heavy atom. The summed E-state index contributed by atoms with van der Waals surface area (Å²) in [5.41, 5.74) is 0. The number of aromatic nitrogens is 2. The van der Waals surface area contributed by atoms with E-state index in [0.29, 0.717) is 22.8 Å². The molecule has 0 aromatic carbocycles. The fourth-order valence-corrected chi connectivity index (χ4v) is 1.38. The molecule has 0 aliphatic heterocycles. The zero-order chi connectivity index (χ0) is 12.8. The number of halogens is 1. The Labute approximate surface area is 108 Å². The van der Waals surface area contributed by atoms with Crippen LogP contribution < -0.4 is 10.6 Å². The van der Waals surface area contributed by atoms with Gasteiger partial charge in [-0.1, -0.05) is 11.6 Å². The molecule has 0 radical (unpaired) electrons. The zero-order valence-electron chi connectivity index (χ0n) is 10.8. The summed E-state index contributed by atoms with van der Waals surface area (Å²) in [5, 5.41) is 6.63. The van der Waals surface area contributed by atoms with Crippen LogP contribution in [0.25, 0.3) is 0 Å². The van der Waals surface area contributed by atoms with Crippen LogP contribution in [0.4, 0.5) is 11.8 Å². The van der Waals surface area contributed by atoms with Crippen molar-refractivity contribution in [2.45, 2.75) is 19.9 Å². The summed E-state index contributed by atoms with van der Waals surface area (Å²) in [6.07, 6.45) is 1.59. The van der Waals surface area contributed by atoms with Gasteiger partial charge in [-0.15, -0.1) is 0 Å². The lowest BCUT2D eigenvalue weighted by molar-refractivity contribution is 0.284. The molecule has 0 aliphatic rings. The Morgan fingerprint density at radius 3 is 2.76 bits per heavy atom. The standard InChI is InChI=1S/C11H20ClN5/c1-8(2)17(4)6-5-14-10-9(12)7-15-11(13-3)16-10/h7-8H,5-6H2,1-4H3,(H2,13,14,15,16). The smallest absolute Gasteiger partial charge is 0.224 e. The minimum absolute atomic E-state index is 0.533. The second-order valence-electron chi connectivity index (χ2n) is 4.14. The lowest BCUT2D eigenvalue weighted by Crippen LogP contribution is -2.31. The largest absolute Gasteiger partial charge is 0.367 e. The van der Waals surface area contributed by atoms with Gasteiger partial charge in [-0.05, 0) is 20.9 Å². The molecule has 0 saturated heterocycles. The lowest BCUT2D eigenvalue weighted by atomic mass is 10.3. The molecule has 17 heavy (non-hydrogen) atoms. The van der Waals surface area contributed by atoms with Crippen LogP contribution in [0.5, 0.6) is 0 Å². The molecule has 1 rings (SSSR count). The van der Waals surface area contributed by atoms with Gasteiger partial charge in [0.25, 0.3) is 0 Å². The highest BCUT2D eigenvalue weighted by Crippen LogP contribution is 2.18. The van der Waals surface area contributed by atoms with Gasteiger partial charge in [-0.25, -0.2) is 4.98 Å². The monoisotopic (exact) mass is 257 g/mol. The summed E-state index contributed by atoms with van der Waals surface area (Å²) in [4.78, 5) is 10.5. The highest BCUT2D eigenvalue weighted by Gasteiger charge is 2.06. The number of anilines is 2. The summed E-state index contributed by atoms with van der Waals surface area (Å²) in [6.45, 7) is 6.06.